The lowest BCUT2D eigenvalue weighted by Gasteiger charge is -2.38. The van der Waals surface area contributed by atoms with Gasteiger partial charge in [-0.1, -0.05) is 35.3 Å². The van der Waals surface area contributed by atoms with E-state index in [9.17, 15) is 9.59 Å². The summed E-state index contributed by atoms with van der Waals surface area (Å²) in [7, 11) is 1.51. The van der Waals surface area contributed by atoms with Crippen LogP contribution >= 0.6 is 23.2 Å². The Kier molecular flexibility index (Phi) is 6.25. The van der Waals surface area contributed by atoms with Crippen molar-refractivity contribution in [1.29, 1.82) is 0 Å². The van der Waals surface area contributed by atoms with E-state index in [1.165, 1.54) is 11.9 Å². The number of likely N-dealkylation sites (N-methyl/N-ethyl adjacent to an activating group) is 1. The standard InChI is InChI=1S/C17H21Cl2NO3/c1-6-9-17(11-21,12-7-8-13(18)14(19)10-12)20(5)15(22)23-16(2,3)4/h6-8,10-11H,1,9H2,2-5H3/t17-/m1/s1. The molecule has 1 aromatic rings. The molecular weight excluding hydrogens is 337 g/mol. The monoisotopic (exact) mass is 357 g/mol. The molecule has 1 aromatic carbocycles. The lowest BCUT2D eigenvalue weighted by molar-refractivity contribution is -0.118. The molecule has 0 aliphatic heterocycles. The van der Waals surface area contributed by atoms with Crippen LogP contribution in [-0.4, -0.2) is 29.9 Å². The van der Waals surface area contributed by atoms with Crippen LogP contribution in [0.25, 0.3) is 0 Å². The van der Waals surface area contributed by atoms with Gasteiger partial charge in [0.15, 0.2) is 6.29 Å². The fourth-order valence-corrected chi connectivity index (χ4v) is 2.42. The first-order valence-electron chi connectivity index (χ1n) is 7.07. The minimum absolute atomic E-state index is 0.213. The molecule has 0 spiro atoms. The average Bonchev–Trinajstić information content (AvgIpc) is 2.45. The van der Waals surface area contributed by atoms with Crippen LogP contribution in [0, 0.1) is 0 Å². The summed E-state index contributed by atoms with van der Waals surface area (Å²) >= 11 is 12.0. The van der Waals surface area contributed by atoms with Crippen LogP contribution in [0.2, 0.25) is 10.0 Å². The Morgan fingerprint density at radius 1 is 1.30 bits per heavy atom. The maximum absolute atomic E-state index is 12.4. The van der Waals surface area contributed by atoms with Crippen molar-refractivity contribution in [2.45, 2.75) is 38.3 Å². The van der Waals surface area contributed by atoms with Crippen molar-refractivity contribution in [3.8, 4) is 0 Å². The summed E-state index contributed by atoms with van der Waals surface area (Å²) in [6.45, 7) is 8.95. The van der Waals surface area contributed by atoms with E-state index in [4.69, 9.17) is 27.9 Å². The van der Waals surface area contributed by atoms with Gasteiger partial charge in [-0.25, -0.2) is 4.79 Å². The zero-order valence-corrected chi connectivity index (χ0v) is 15.2. The maximum Gasteiger partial charge on any atom is 0.411 e. The first kappa shape index (κ1) is 19.5. The zero-order chi connectivity index (χ0) is 17.8. The molecular formula is C17H21Cl2NO3. The Bertz CT molecular complexity index is 610. The summed E-state index contributed by atoms with van der Waals surface area (Å²) in [5.74, 6) is 0. The van der Waals surface area contributed by atoms with E-state index in [0.29, 0.717) is 21.9 Å². The van der Waals surface area contributed by atoms with E-state index >= 15 is 0 Å². The van der Waals surface area contributed by atoms with Gasteiger partial charge in [0.2, 0.25) is 0 Å². The molecule has 1 rings (SSSR count). The molecule has 0 heterocycles. The molecule has 4 nitrogen and oxygen atoms in total. The third kappa shape index (κ3) is 4.49. The Hall–Kier alpha value is -1.52. The highest BCUT2D eigenvalue weighted by Gasteiger charge is 2.40. The number of carbonyl (C=O) groups excluding carboxylic acids is 2. The fourth-order valence-electron chi connectivity index (χ4n) is 2.12. The van der Waals surface area contributed by atoms with Crippen molar-refractivity contribution in [2.75, 3.05) is 7.05 Å². The van der Waals surface area contributed by atoms with E-state index in [0.717, 1.165) is 0 Å². The second-order valence-electron chi connectivity index (χ2n) is 6.20. The van der Waals surface area contributed by atoms with Gasteiger partial charge in [0.05, 0.1) is 10.0 Å². The van der Waals surface area contributed by atoms with Crippen molar-refractivity contribution in [1.82, 2.24) is 4.90 Å². The third-order valence-electron chi connectivity index (χ3n) is 3.34. The SMILES string of the molecule is C=CC[C@@](C=O)(c1ccc(Cl)c(Cl)c1)N(C)C(=O)OC(C)(C)C. The van der Waals surface area contributed by atoms with Gasteiger partial charge < -0.3 is 9.53 Å². The van der Waals surface area contributed by atoms with Crippen molar-refractivity contribution in [2.24, 2.45) is 0 Å². The summed E-state index contributed by atoms with van der Waals surface area (Å²) in [4.78, 5) is 25.6. The van der Waals surface area contributed by atoms with Crippen molar-refractivity contribution < 1.29 is 14.3 Å². The van der Waals surface area contributed by atoms with E-state index in [-0.39, 0.29) is 6.42 Å². The van der Waals surface area contributed by atoms with Crippen LogP contribution in [0.3, 0.4) is 0 Å². The second-order valence-corrected chi connectivity index (χ2v) is 7.02. The van der Waals surface area contributed by atoms with Gasteiger partial charge in [-0.2, -0.15) is 0 Å². The molecule has 0 saturated carbocycles. The van der Waals surface area contributed by atoms with E-state index in [1.54, 1.807) is 45.0 Å². The molecule has 0 aliphatic rings. The predicted molar refractivity (Wildman–Crippen MR) is 93.0 cm³/mol. The second kappa shape index (κ2) is 7.37. The van der Waals surface area contributed by atoms with E-state index in [2.05, 4.69) is 6.58 Å². The number of nitrogens with zero attached hydrogens (tertiary/aromatic N) is 1. The molecule has 0 radical (unpaired) electrons. The number of hydrogen-bond donors (Lipinski definition) is 0. The molecule has 23 heavy (non-hydrogen) atoms. The largest absolute Gasteiger partial charge is 0.444 e. The lowest BCUT2D eigenvalue weighted by atomic mass is 9.86. The molecule has 0 unspecified atom stereocenters. The number of halogens is 2. The molecule has 0 N–H and O–H groups in total. The molecule has 0 fully saturated rings. The van der Waals surface area contributed by atoms with Crippen LogP contribution in [0.5, 0.6) is 0 Å². The highest BCUT2D eigenvalue weighted by molar-refractivity contribution is 6.42. The fraction of sp³-hybridized carbons (Fsp3) is 0.412. The molecule has 0 aromatic heterocycles. The molecule has 1 amide bonds. The number of benzene rings is 1. The van der Waals surface area contributed by atoms with Crippen LogP contribution in [0.15, 0.2) is 30.9 Å². The molecule has 6 heteroatoms. The Labute approximate surface area is 147 Å². The highest BCUT2D eigenvalue weighted by atomic mass is 35.5. The summed E-state index contributed by atoms with van der Waals surface area (Å²) in [5, 5.41) is 0.672. The van der Waals surface area contributed by atoms with Crippen LogP contribution < -0.4 is 0 Å². The Morgan fingerprint density at radius 2 is 1.91 bits per heavy atom. The summed E-state index contributed by atoms with van der Waals surface area (Å²) in [5.41, 5.74) is -1.40. The number of carbonyl (C=O) groups is 2. The van der Waals surface area contributed by atoms with Crippen molar-refractivity contribution in [3.63, 3.8) is 0 Å². The highest BCUT2D eigenvalue weighted by Crippen LogP contribution is 2.34. The van der Waals surface area contributed by atoms with E-state index in [1.807, 2.05) is 0 Å². The first-order chi connectivity index (χ1) is 10.6. The number of aldehydes is 1. The van der Waals surface area contributed by atoms with Crippen molar-refractivity contribution in [3.05, 3.63) is 46.5 Å². The van der Waals surface area contributed by atoms with Crippen molar-refractivity contribution >= 4 is 35.6 Å². The maximum atomic E-state index is 12.4. The van der Waals surface area contributed by atoms with Gasteiger partial charge in [0, 0.05) is 7.05 Å². The minimum atomic E-state index is -1.27. The van der Waals surface area contributed by atoms with Crippen LogP contribution in [0.4, 0.5) is 4.79 Å². The number of hydrogen-bond acceptors (Lipinski definition) is 3. The van der Waals surface area contributed by atoms with Gasteiger partial charge in [-0.05, 0) is 44.9 Å². The average molecular weight is 358 g/mol. The van der Waals surface area contributed by atoms with Crippen LogP contribution in [-0.2, 0) is 15.1 Å². The first-order valence-corrected chi connectivity index (χ1v) is 7.82. The third-order valence-corrected chi connectivity index (χ3v) is 4.07. The minimum Gasteiger partial charge on any atom is -0.444 e. The van der Waals surface area contributed by atoms with Gasteiger partial charge in [-0.15, -0.1) is 6.58 Å². The molecule has 126 valence electrons. The van der Waals surface area contributed by atoms with Gasteiger partial charge in [0.1, 0.15) is 11.1 Å². The molecule has 0 saturated heterocycles. The van der Waals surface area contributed by atoms with Gasteiger partial charge in [-0.3, -0.25) is 4.90 Å². The summed E-state index contributed by atoms with van der Waals surface area (Å²) < 4.78 is 5.36. The Morgan fingerprint density at radius 3 is 2.35 bits per heavy atom. The quantitative estimate of drug-likeness (QED) is 0.559. The lowest BCUT2D eigenvalue weighted by Crippen LogP contribution is -2.50. The van der Waals surface area contributed by atoms with Gasteiger partial charge in [0.25, 0.3) is 0 Å². The normalized spacial score (nSPS) is 13.8. The summed E-state index contributed by atoms with van der Waals surface area (Å²) in [6.07, 6.45) is 1.86. The predicted octanol–water partition coefficient (Wildman–Crippen LogP) is 4.83. The molecule has 0 aliphatic carbocycles. The van der Waals surface area contributed by atoms with Gasteiger partial charge >= 0.3 is 6.09 Å². The summed E-state index contributed by atoms with van der Waals surface area (Å²) in [6, 6.07) is 4.82. The van der Waals surface area contributed by atoms with Crippen LogP contribution in [0.1, 0.15) is 32.8 Å². The molecule has 1 atom stereocenters. The number of ether oxygens (including phenoxy) is 1. The molecule has 0 bridgehead atoms. The van der Waals surface area contributed by atoms with E-state index < -0.39 is 17.2 Å². The zero-order valence-electron chi connectivity index (χ0n) is 13.7. The number of rotatable bonds is 5. The Balaban J connectivity index is 3.35. The smallest absolute Gasteiger partial charge is 0.411 e. The number of amides is 1. The topological polar surface area (TPSA) is 46.6 Å².